The van der Waals surface area contributed by atoms with Crippen molar-refractivity contribution in [3.63, 3.8) is 0 Å². The number of nitrogens with two attached hydrogens (primary N) is 2. The third-order valence-corrected chi connectivity index (χ3v) is 7.84. The summed E-state index contributed by atoms with van der Waals surface area (Å²) in [5.74, 6) is -3.47. The number of rotatable bonds is 9. The molecule has 4 rings (SSSR count). The van der Waals surface area contributed by atoms with Gasteiger partial charge in [-0.1, -0.05) is 16.9 Å². The van der Waals surface area contributed by atoms with Gasteiger partial charge in [0.25, 0.3) is 11.8 Å². The molecule has 2 aliphatic heterocycles. The van der Waals surface area contributed by atoms with Gasteiger partial charge < -0.3 is 31.9 Å². The molecule has 0 aromatic carbocycles. The van der Waals surface area contributed by atoms with Gasteiger partial charge in [-0.25, -0.2) is 9.67 Å². The number of aromatic nitrogens is 5. The number of carboxylic acids is 1. The van der Waals surface area contributed by atoms with Gasteiger partial charge in [0.1, 0.15) is 23.7 Å². The Morgan fingerprint density at radius 2 is 2.14 bits per heavy atom. The molecular formula is C16H15N10NaO6S3. The van der Waals surface area contributed by atoms with Gasteiger partial charge in [-0.2, -0.15) is 0 Å². The van der Waals surface area contributed by atoms with Crippen LogP contribution in [0, 0.1) is 0 Å². The Kier molecular flexibility index (Phi) is 8.95. The Morgan fingerprint density at radius 1 is 1.39 bits per heavy atom. The van der Waals surface area contributed by atoms with E-state index in [0.717, 1.165) is 28.0 Å². The summed E-state index contributed by atoms with van der Waals surface area (Å²) in [6.45, 7) is -0.253. The molecule has 0 saturated carbocycles. The van der Waals surface area contributed by atoms with Crippen molar-refractivity contribution in [2.45, 2.75) is 23.1 Å². The number of primary amides is 1. The zero-order valence-corrected chi connectivity index (χ0v) is 22.8. The van der Waals surface area contributed by atoms with Crippen LogP contribution in [0.2, 0.25) is 0 Å². The number of thiazole rings is 1. The largest absolute Gasteiger partial charge is 1.00 e. The molecule has 0 aliphatic carbocycles. The van der Waals surface area contributed by atoms with Crippen LogP contribution in [-0.2, 0) is 25.7 Å². The predicted molar refractivity (Wildman–Crippen MR) is 120 cm³/mol. The topological polar surface area (TPSA) is 248 Å². The second-order valence-electron chi connectivity index (χ2n) is 6.99. The van der Waals surface area contributed by atoms with Gasteiger partial charge in [0.2, 0.25) is 11.1 Å². The third-order valence-electron chi connectivity index (χ3n) is 4.79. The Bertz CT molecular complexity index is 1280. The van der Waals surface area contributed by atoms with E-state index >= 15 is 0 Å². The van der Waals surface area contributed by atoms with Crippen molar-refractivity contribution >= 4 is 69.4 Å². The molecule has 1 fully saturated rings. The first kappa shape index (κ1) is 27.9. The molecule has 6 N–H and O–H groups in total. The quantitative estimate of drug-likeness (QED) is 0.0555. The van der Waals surface area contributed by atoms with Crippen LogP contribution in [-0.4, -0.2) is 87.6 Å². The molecule has 0 spiro atoms. The van der Waals surface area contributed by atoms with Crippen LogP contribution in [0.25, 0.3) is 0 Å². The maximum absolute atomic E-state index is 12.8. The predicted octanol–water partition coefficient (Wildman–Crippen LogP) is -6.42. The second-order valence-corrected chi connectivity index (χ2v) is 9.93. The number of hydrogen-bond donors (Lipinski definition) is 4. The van der Waals surface area contributed by atoms with Crippen molar-refractivity contribution < 1.29 is 59.0 Å². The van der Waals surface area contributed by atoms with Crippen LogP contribution in [0.15, 0.2) is 27.0 Å². The van der Waals surface area contributed by atoms with Crippen molar-refractivity contribution in [1.29, 1.82) is 0 Å². The fourth-order valence-corrected chi connectivity index (χ4v) is 6.21. The molecule has 4 heterocycles. The van der Waals surface area contributed by atoms with E-state index in [2.05, 4.69) is 31.0 Å². The van der Waals surface area contributed by atoms with Gasteiger partial charge >= 0.3 is 29.6 Å². The molecule has 2 atom stereocenters. The van der Waals surface area contributed by atoms with Crippen LogP contribution in [0.3, 0.4) is 0 Å². The summed E-state index contributed by atoms with van der Waals surface area (Å²) in [5, 5.41) is 38.5. The first-order valence-electron chi connectivity index (χ1n) is 9.50. The number of oxime groups is 1. The average molecular weight is 563 g/mol. The van der Waals surface area contributed by atoms with Crippen molar-refractivity contribution in [3.8, 4) is 0 Å². The number of hydrogen-bond acceptors (Lipinski definition) is 15. The zero-order chi connectivity index (χ0) is 25.3. The first-order chi connectivity index (χ1) is 16.7. The minimum atomic E-state index is -1.56. The van der Waals surface area contributed by atoms with Crippen LogP contribution in [0.4, 0.5) is 5.13 Å². The minimum absolute atomic E-state index is 0. The van der Waals surface area contributed by atoms with Crippen molar-refractivity contribution in [2.24, 2.45) is 10.9 Å². The summed E-state index contributed by atoms with van der Waals surface area (Å²) in [6, 6.07) is -1.06. The SMILES string of the molecule is NC(=O)Cn1nnnc1SCC1=C(C(=O)[O-])N2C(=O)C(NC(=O)C(=NO)c3csc(N)n3)[C@H]2SC1.[Na+]. The molecule has 0 radical (unpaired) electrons. The van der Waals surface area contributed by atoms with Crippen molar-refractivity contribution in [1.82, 2.24) is 35.4 Å². The Hall–Kier alpha value is -2.71. The molecule has 0 bridgehead atoms. The van der Waals surface area contributed by atoms with E-state index in [1.807, 2.05) is 0 Å². The number of tetrazole rings is 1. The van der Waals surface area contributed by atoms with Crippen LogP contribution >= 0.6 is 34.9 Å². The molecule has 20 heteroatoms. The number of anilines is 1. The summed E-state index contributed by atoms with van der Waals surface area (Å²) in [4.78, 5) is 53.3. The number of β-lactam (4-membered cyclic amide) rings is 1. The first-order valence-corrected chi connectivity index (χ1v) is 12.4. The number of carboxylic acid groups (broad SMARTS) is 1. The van der Waals surface area contributed by atoms with E-state index in [0.29, 0.717) is 5.57 Å². The number of nitrogen functional groups attached to an aromatic ring is 1. The minimum Gasteiger partial charge on any atom is -0.543 e. The smallest absolute Gasteiger partial charge is 0.543 e. The summed E-state index contributed by atoms with van der Waals surface area (Å²) in [6.07, 6.45) is 0. The van der Waals surface area contributed by atoms with E-state index in [1.54, 1.807) is 0 Å². The van der Waals surface area contributed by atoms with Gasteiger partial charge in [0.05, 0.1) is 11.7 Å². The van der Waals surface area contributed by atoms with Gasteiger partial charge in [-0.05, 0) is 16.0 Å². The number of fused-ring (bicyclic) bond motifs is 1. The van der Waals surface area contributed by atoms with Gasteiger partial charge in [-0.3, -0.25) is 19.3 Å². The fraction of sp³-hybridized carbons (Fsp3) is 0.312. The van der Waals surface area contributed by atoms with Gasteiger partial charge in [0, 0.05) is 16.9 Å². The number of thioether (sulfide) groups is 2. The van der Waals surface area contributed by atoms with Crippen LogP contribution < -0.4 is 51.4 Å². The van der Waals surface area contributed by atoms with Gasteiger partial charge in [-0.15, -0.1) is 28.2 Å². The second kappa shape index (κ2) is 11.6. The molecule has 1 unspecified atom stereocenters. The van der Waals surface area contributed by atoms with E-state index in [4.69, 9.17) is 11.5 Å². The number of carbonyl (C=O) groups is 4. The maximum Gasteiger partial charge on any atom is 1.00 e. The van der Waals surface area contributed by atoms with E-state index in [9.17, 15) is 29.5 Å². The molecule has 36 heavy (non-hydrogen) atoms. The molecule has 16 nitrogen and oxygen atoms in total. The third kappa shape index (κ3) is 5.49. The molecule has 2 aromatic heterocycles. The number of amides is 3. The zero-order valence-electron chi connectivity index (χ0n) is 18.4. The monoisotopic (exact) mass is 562 g/mol. The van der Waals surface area contributed by atoms with Gasteiger partial charge in [0.15, 0.2) is 10.8 Å². The van der Waals surface area contributed by atoms with E-state index in [-0.39, 0.29) is 69.3 Å². The number of nitrogens with one attached hydrogen (secondary N) is 1. The molecule has 2 aliphatic rings. The van der Waals surface area contributed by atoms with Crippen LogP contribution in [0.1, 0.15) is 5.69 Å². The number of nitrogens with zero attached hydrogens (tertiary/aromatic N) is 7. The average Bonchev–Trinajstić information content (AvgIpc) is 3.43. The fourth-order valence-electron chi connectivity index (χ4n) is 3.30. The van der Waals surface area contributed by atoms with Crippen molar-refractivity contribution in [3.05, 3.63) is 22.3 Å². The maximum atomic E-state index is 12.8. The van der Waals surface area contributed by atoms with Crippen LogP contribution in [0.5, 0.6) is 0 Å². The Labute approximate surface area is 236 Å². The van der Waals surface area contributed by atoms with Crippen molar-refractivity contribution in [2.75, 3.05) is 17.2 Å². The van der Waals surface area contributed by atoms with E-state index < -0.39 is 40.8 Å². The number of carbonyl (C=O) groups excluding carboxylic acids is 4. The van der Waals surface area contributed by atoms with E-state index in [1.165, 1.54) is 21.8 Å². The Balaban J connectivity index is 0.00000361. The standard InChI is InChI=1S/C16H16N10O6S3.Na/c17-7(27)1-25-16(21-23-24-25)35-3-5-2-33-13-9(12(29)26(13)10(5)14(30)31)20-11(28)8(22-32)6-4-34-15(18)19-6;/h4,9,13,32H,1-3H2,(H2,17,27)(H2,18,19)(H,20,28)(H,30,31);/q;+1/p-1/t9?,13-;/m1./s1. The molecular weight excluding hydrogens is 547 g/mol. The number of aliphatic carboxylic acids is 1. The molecule has 2 aromatic rings. The summed E-state index contributed by atoms with van der Waals surface area (Å²) < 4.78 is 1.17. The summed E-state index contributed by atoms with van der Waals surface area (Å²) >= 11 is 3.32. The molecule has 1 saturated heterocycles. The molecule has 3 amide bonds. The normalized spacial score (nSPS) is 19.3. The Morgan fingerprint density at radius 3 is 2.75 bits per heavy atom. The summed E-state index contributed by atoms with van der Waals surface area (Å²) in [7, 11) is 0. The summed E-state index contributed by atoms with van der Waals surface area (Å²) in [5.41, 5.74) is 10.3. The molecule has 184 valence electrons.